The summed E-state index contributed by atoms with van der Waals surface area (Å²) in [5, 5.41) is 4.33. The minimum Gasteiger partial charge on any atom is -0.267 e. The first-order chi connectivity index (χ1) is 10.3. The SMILES string of the molecule is O=C(c1ccccc1)n1nc(-c2ccccc2)nc1CS. The van der Waals surface area contributed by atoms with Crippen molar-refractivity contribution in [1.82, 2.24) is 14.8 Å². The van der Waals surface area contributed by atoms with E-state index in [4.69, 9.17) is 0 Å². The summed E-state index contributed by atoms with van der Waals surface area (Å²) in [5.41, 5.74) is 1.45. The summed E-state index contributed by atoms with van der Waals surface area (Å²) in [5.74, 6) is 1.21. The van der Waals surface area contributed by atoms with Crippen molar-refractivity contribution in [2.45, 2.75) is 5.75 Å². The first-order valence-electron chi connectivity index (χ1n) is 6.51. The molecular formula is C16H13N3OS. The second-order valence-electron chi connectivity index (χ2n) is 4.46. The second-order valence-corrected chi connectivity index (χ2v) is 4.77. The van der Waals surface area contributed by atoms with Crippen LogP contribution in [0.4, 0.5) is 0 Å². The van der Waals surface area contributed by atoms with Gasteiger partial charge in [-0.05, 0) is 12.1 Å². The zero-order chi connectivity index (χ0) is 14.7. The highest BCUT2D eigenvalue weighted by Gasteiger charge is 2.17. The zero-order valence-electron chi connectivity index (χ0n) is 11.2. The topological polar surface area (TPSA) is 47.8 Å². The molecular weight excluding hydrogens is 282 g/mol. The molecule has 0 aliphatic carbocycles. The summed E-state index contributed by atoms with van der Waals surface area (Å²) in [6.45, 7) is 0. The average molecular weight is 295 g/mol. The van der Waals surface area contributed by atoms with Crippen LogP contribution >= 0.6 is 12.6 Å². The van der Waals surface area contributed by atoms with Crippen molar-refractivity contribution in [3.05, 3.63) is 72.1 Å². The molecule has 0 saturated heterocycles. The van der Waals surface area contributed by atoms with E-state index in [0.717, 1.165) is 5.56 Å². The van der Waals surface area contributed by atoms with Crippen molar-refractivity contribution < 1.29 is 4.79 Å². The number of hydrogen-bond donors (Lipinski definition) is 1. The highest BCUT2D eigenvalue weighted by Crippen LogP contribution is 2.17. The third-order valence-electron chi connectivity index (χ3n) is 3.06. The lowest BCUT2D eigenvalue weighted by atomic mass is 10.2. The molecule has 0 fully saturated rings. The van der Waals surface area contributed by atoms with E-state index in [1.54, 1.807) is 12.1 Å². The zero-order valence-corrected chi connectivity index (χ0v) is 12.1. The molecule has 3 rings (SSSR count). The number of nitrogens with zero attached hydrogens (tertiary/aromatic N) is 3. The van der Waals surface area contributed by atoms with Crippen LogP contribution in [0.5, 0.6) is 0 Å². The maximum atomic E-state index is 12.5. The minimum absolute atomic E-state index is 0.200. The Balaban J connectivity index is 2.03. The molecule has 3 aromatic rings. The van der Waals surface area contributed by atoms with Crippen LogP contribution in [0.1, 0.15) is 16.2 Å². The highest BCUT2D eigenvalue weighted by atomic mass is 32.1. The summed E-state index contributed by atoms with van der Waals surface area (Å²) in [6, 6.07) is 18.6. The van der Waals surface area contributed by atoms with E-state index in [1.807, 2.05) is 48.5 Å². The Kier molecular flexibility index (Phi) is 3.83. The first kappa shape index (κ1) is 13.6. The van der Waals surface area contributed by atoms with E-state index in [0.29, 0.717) is 23.0 Å². The molecule has 0 amide bonds. The highest BCUT2D eigenvalue weighted by molar-refractivity contribution is 7.79. The van der Waals surface area contributed by atoms with Gasteiger partial charge >= 0.3 is 0 Å². The summed E-state index contributed by atoms with van der Waals surface area (Å²) in [6.07, 6.45) is 0. The van der Waals surface area contributed by atoms with E-state index >= 15 is 0 Å². The van der Waals surface area contributed by atoms with Gasteiger partial charge in [-0.2, -0.15) is 17.3 Å². The van der Waals surface area contributed by atoms with Gasteiger partial charge in [0.05, 0.1) is 5.75 Å². The van der Waals surface area contributed by atoms with Crippen molar-refractivity contribution in [3.8, 4) is 11.4 Å². The molecule has 0 aliphatic rings. The van der Waals surface area contributed by atoms with Crippen LogP contribution in [0.15, 0.2) is 60.7 Å². The number of aromatic nitrogens is 3. The fourth-order valence-electron chi connectivity index (χ4n) is 2.02. The van der Waals surface area contributed by atoms with E-state index in [9.17, 15) is 4.79 Å². The van der Waals surface area contributed by atoms with E-state index in [2.05, 4.69) is 22.7 Å². The smallest absolute Gasteiger partial charge is 0.267 e. The molecule has 0 bridgehead atoms. The van der Waals surface area contributed by atoms with Crippen LogP contribution in [-0.2, 0) is 5.75 Å². The number of carbonyl (C=O) groups excluding carboxylic acids is 1. The van der Waals surface area contributed by atoms with Gasteiger partial charge in [0.2, 0.25) is 0 Å². The molecule has 0 atom stereocenters. The Morgan fingerprint density at radius 3 is 2.24 bits per heavy atom. The quantitative estimate of drug-likeness (QED) is 0.755. The maximum absolute atomic E-state index is 12.5. The Morgan fingerprint density at radius 1 is 1.00 bits per heavy atom. The normalized spacial score (nSPS) is 10.5. The fourth-order valence-corrected chi connectivity index (χ4v) is 2.23. The summed E-state index contributed by atoms with van der Waals surface area (Å²) in [4.78, 5) is 16.9. The van der Waals surface area contributed by atoms with Crippen LogP contribution in [0, 0.1) is 0 Å². The number of rotatable bonds is 3. The van der Waals surface area contributed by atoms with Gasteiger partial charge in [-0.15, -0.1) is 5.10 Å². The summed E-state index contributed by atoms with van der Waals surface area (Å²) in [7, 11) is 0. The van der Waals surface area contributed by atoms with Crippen LogP contribution < -0.4 is 0 Å². The van der Waals surface area contributed by atoms with E-state index in [-0.39, 0.29) is 5.91 Å². The number of carbonyl (C=O) groups is 1. The Morgan fingerprint density at radius 2 is 1.62 bits per heavy atom. The van der Waals surface area contributed by atoms with Crippen molar-refractivity contribution in [2.75, 3.05) is 0 Å². The predicted molar refractivity (Wildman–Crippen MR) is 84.3 cm³/mol. The molecule has 0 unspecified atom stereocenters. The largest absolute Gasteiger partial charge is 0.279 e. The Hall–Kier alpha value is -2.40. The van der Waals surface area contributed by atoms with Gasteiger partial charge in [0.15, 0.2) is 5.82 Å². The van der Waals surface area contributed by atoms with E-state index < -0.39 is 0 Å². The van der Waals surface area contributed by atoms with Gasteiger partial charge in [0, 0.05) is 11.1 Å². The Bertz CT molecular complexity index is 754. The van der Waals surface area contributed by atoms with Crippen molar-refractivity contribution in [3.63, 3.8) is 0 Å². The minimum atomic E-state index is -0.200. The number of benzene rings is 2. The van der Waals surface area contributed by atoms with Crippen LogP contribution in [-0.4, -0.2) is 20.7 Å². The molecule has 0 radical (unpaired) electrons. The lowest BCUT2D eigenvalue weighted by molar-refractivity contribution is 0.0942. The standard InChI is InChI=1S/C16H13N3OS/c20-16(13-9-5-2-6-10-13)19-14(11-21)17-15(18-19)12-7-3-1-4-8-12/h1-10,21H,11H2. The molecule has 104 valence electrons. The third-order valence-corrected chi connectivity index (χ3v) is 3.34. The van der Waals surface area contributed by atoms with E-state index in [1.165, 1.54) is 4.68 Å². The molecule has 0 spiro atoms. The van der Waals surface area contributed by atoms with Gasteiger partial charge in [-0.3, -0.25) is 4.79 Å². The molecule has 0 saturated carbocycles. The molecule has 21 heavy (non-hydrogen) atoms. The predicted octanol–water partition coefficient (Wildman–Crippen LogP) is 3.06. The second kappa shape index (κ2) is 5.93. The molecule has 4 nitrogen and oxygen atoms in total. The Labute approximate surface area is 127 Å². The fraction of sp³-hybridized carbons (Fsp3) is 0.0625. The van der Waals surface area contributed by atoms with Crippen LogP contribution in [0.3, 0.4) is 0 Å². The van der Waals surface area contributed by atoms with Gasteiger partial charge in [-0.1, -0.05) is 48.5 Å². The van der Waals surface area contributed by atoms with Crippen LogP contribution in [0.25, 0.3) is 11.4 Å². The van der Waals surface area contributed by atoms with Gasteiger partial charge in [-0.25, -0.2) is 4.98 Å². The number of hydrogen-bond acceptors (Lipinski definition) is 4. The average Bonchev–Trinajstić information content (AvgIpc) is 3.00. The van der Waals surface area contributed by atoms with Gasteiger partial charge in [0.25, 0.3) is 5.91 Å². The lowest BCUT2D eigenvalue weighted by Gasteiger charge is -2.02. The molecule has 2 aromatic carbocycles. The maximum Gasteiger partial charge on any atom is 0.279 e. The van der Waals surface area contributed by atoms with Crippen molar-refractivity contribution >= 4 is 18.5 Å². The van der Waals surface area contributed by atoms with Crippen molar-refractivity contribution in [1.29, 1.82) is 0 Å². The summed E-state index contributed by atoms with van der Waals surface area (Å²) >= 11 is 4.24. The first-order valence-corrected chi connectivity index (χ1v) is 7.15. The van der Waals surface area contributed by atoms with Crippen molar-refractivity contribution in [2.24, 2.45) is 0 Å². The molecule has 0 aliphatic heterocycles. The lowest BCUT2D eigenvalue weighted by Crippen LogP contribution is -2.16. The van der Waals surface area contributed by atoms with Gasteiger partial charge < -0.3 is 0 Å². The van der Waals surface area contributed by atoms with Crippen LogP contribution in [0.2, 0.25) is 0 Å². The third kappa shape index (κ3) is 2.73. The number of thiol groups is 1. The molecule has 5 heteroatoms. The molecule has 0 N–H and O–H groups in total. The molecule has 1 aromatic heterocycles. The summed E-state index contributed by atoms with van der Waals surface area (Å²) < 4.78 is 1.32. The van der Waals surface area contributed by atoms with Gasteiger partial charge in [0.1, 0.15) is 5.82 Å². The monoisotopic (exact) mass is 295 g/mol. The molecule has 1 heterocycles.